The highest BCUT2D eigenvalue weighted by Gasteiger charge is 2.34. The van der Waals surface area contributed by atoms with Crippen LogP contribution in [0, 0.1) is 0 Å². The number of benzene rings is 1. The lowest BCUT2D eigenvalue weighted by molar-refractivity contribution is -0.141. The summed E-state index contributed by atoms with van der Waals surface area (Å²) in [6, 6.07) is 4.94. The maximum Gasteiger partial charge on any atom is 0.435 e. The molecular weight excluding hydrogens is 379 g/mol. The molecule has 2 heterocycles. The molecule has 0 saturated carbocycles. The van der Waals surface area contributed by atoms with Gasteiger partial charge in [0.2, 0.25) is 5.95 Å². The number of nitrogens with one attached hydrogen (secondary N) is 1. The maximum absolute atomic E-state index is 12.9. The summed E-state index contributed by atoms with van der Waals surface area (Å²) in [5, 5.41) is 15.5. The van der Waals surface area contributed by atoms with Crippen molar-refractivity contribution in [3.8, 4) is 22.7 Å². The summed E-state index contributed by atoms with van der Waals surface area (Å²) < 4.78 is 45.0. The van der Waals surface area contributed by atoms with Crippen molar-refractivity contribution >= 4 is 11.9 Å². The summed E-state index contributed by atoms with van der Waals surface area (Å²) in [4.78, 5) is 19.6. The molecule has 3 rings (SSSR count). The number of hydrogen-bond acceptors (Lipinski definition) is 6. The van der Waals surface area contributed by atoms with Crippen LogP contribution in [0.5, 0.6) is 5.75 Å². The van der Waals surface area contributed by atoms with E-state index in [0.29, 0.717) is 11.3 Å². The molecule has 0 fully saturated rings. The molecule has 0 aliphatic carbocycles. The molecule has 11 heteroatoms. The molecule has 0 aliphatic heterocycles. The van der Waals surface area contributed by atoms with Crippen molar-refractivity contribution in [1.29, 1.82) is 0 Å². The Morgan fingerprint density at radius 3 is 2.57 bits per heavy atom. The van der Waals surface area contributed by atoms with Crippen LogP contribution in [0.4, 0.5) is 19.1 Å². The van der Waals surface area contributed by atoms with Crippen LogP contribution in [0.25, 0.3) is 16.9 Å². The van der Waals surface area contributed by atoms with Gasteiger partial charge in [-0.05, 0) is 24.3 Å². The molecular formula is C17H14F3N5O3. The van der Waals surface area contributed by atoms with Crippen molar-refractivity contribution in [2.24, 2.45) is 0 Å². The van der Waals surface area contributed by atoms with Crippen molar-refractivity contribution in [2.75, 3.05) is 19.5 Å². The normalized spacial score (nSPS) is 11.3. The number of hydrogen-bond donors (Lipinski definition) is 2. The molecule has 0 saturated heterocycles. The van der Waals surface area contributed by atoms with E-state index in [9.17, 15) is 23.1 Å². The standard InChI is InChI=1S/C17H14F3N5O3/c1-21-16-22-8-11(10-7-9(15(26)27)3-4-12(10)28-2)14(23-16)25-6-5-13(24-25)17(18,19)20/h3-8H,1-2H3,(H,26,27)(H,21,22,23). The molecule has 3 aromatic rings. The quantitative estimate of drug-likeness (QED) is 0.687. The number of nitrogens with zero attached hydrogens (tertiary/aromatic N) is 4. The Morgan fingerprint density at radius 2 is 2.00 bits per heavy atom. The Labute approximate surface area is 156 Å². The van der Waals surface area contributed by atoms with Crippen LogP contribution < -0.4 is 10.1 Å². The first-order valence-corrected chi connectivity index (χ1v) is 7.84. The molecule has 28 heavy (non-hydrogen) atoms. The zero-order valence-electron chi connectivity index (χ0n) is 14.7. The first-order chi connectivity index (χ1) is 13.2. The molecule has 2 N–H and O–H groups in total. The Balaban J connectivity index is 2.24. The molecule has 1 aromatic carbocycles. The highest BCUT2D eigenvalue weighted by molar-refractivity contribution is 5.91. The molecule has 8 nitrogen and oxygen atoms in total. The van der Waals surface area contributed by atoms with Crippen LogP contribution in [0.1, 0.15) is 16.1 Å². The van der Waals surface area contributed by atoms with Crippen molar-refractivity contribution < 1.29 is 27.8 Å². The first kappa shape index (κ1) is 19.1. The average Bonchev–Trinajstić information content (AvgIpc) is 3.17. The van der Waals surface area contributed by atoms with Crippen LogP contribution in [0.2, 0.25) is 0 Å². The van der Waals surface area contributed by atoms with Gasteiger partial charge in [0.15, 0.2) is 11.5 Å². The van der Waals surface area contributed by atoms with Gasteiger partial charge in [-0.2, -0.15) is 23.3 Å². The molecule has 146 valence electrons. The Kier molecular flexibility index (Phi) is 4.91. The minimum Gasteiger partial charge on any atom is -0.496 e. The van der Waals surface area contributed by atoms with E-state index in [2.05, 4.69) is 20.4 Å². The maximum atomic E-state index is 12.9. The summed E-state index contributed by atoms with van der Waals surface area (Å²) in [7, 11) is 2.94. The highest BCUT2D eigenvalue weighted by atomic mass is 19.4. The second-order valence-electron chi connectivity index (χ2n) is 5.54. The van der Waals surface area contributed by atoms with Gasteiger partial charge in [0.25, 0.3) is 0 Å². The van der Waals surface area contributed by atoms with E-state index in [1.165, 1.54) is 31.5 Å². The van der Waals surface area contributed by atoms with Gasteiger partial charge in [-0.25, -0.2) is 14.5 Å². The smallest absolute Gasteiger partial charge is 0.435 e. The third-order valence-corrected chi connectivity index (χ3v) is 3.83. The number of methoxy groups -OCH3 is 1. The van der Waals surface area contributed by atoms with Gasteiger partial charge >= 0.3 is 12.1 Å². The Bertz CT molecular complexity index is 1030. The predicted octanol–water partition coefficient (Wildman–Crippen LogP) is 3.10. The third-order valence-electron chi connectivity index (χ3n) is 3.83. The number of carboxylic acid groups (broad SMARTS) is 1. The van der Waals surface area contributed by atoms with Crippen molar-refractivity contribution in [2.45, 2.75) is 6.18 Å². The number of carboxylic acids is 1. The fourth-order valence-electron chi connectivity index (χ4n) is 2.50. The SMILES string of the molecule is CNc1ncc(-c2cc(C(=O)O)ccc2OC)c(-n2ccc(C(F)(F)F)n2)n1. The highest BCUT2D eigenvalue weighted by Crippen LogP contribution is 2.35. The third kappa shape index (κ3) is 3.59. The number of halogens is 3. The molecule has 0 radical (unpaired) electrons. The summed E-state index contributed by atoms with van der Waals surface area (Å²) in [5.41, 5.74) is -0.579. The summed E-state index contributed by atoms with van der Waals surface area (Å²) >= 11 is 0. The fourth-order valence-corrected chi connectivity index (χ4v) is 2.50. The molecule has 0 unspecified atom stereocenters. The minimum absolute atomic E-state index is 0.0238. The van der Waals surface area contributed by atoms with Crippen LogP contribution >= 0.6 is 0 Å². The van der Waals surface area contributed by atoms with Gasteiger partial charge in [0.1, 0.15) is 5.75 Å². The van der Waals surface area contributed by atoms with Crippen molar-refractivity contribution in [3.63, 3.8) is 0 Å². The van der Waals surface area contributed by atoms with Crippen LogP contribution in [0.15, 0.2) is 36.7 Å². The lowest BCUT2D eigenvalue weighted by atomic mass is 10.0. The lowest BCUT2D eigenvalue weighted by Crippen LogP contribution is -2.10. The number of aromatic nitrogens is 4. The van der Waals surface area contributed by atoms with E-state index >= 15 is 0 Å². The molecule has 0 aliphatic rings. The minimum atomic E-state index is -4.62. The number of anilines is 1. The van der Waals surface area contributed by atoms with Gasteiger partial charge in [0.05, 0.1) is 12.7 Å². The first-order valence-electron chi connectivity index (χ1n) is 7.84. The van der Waals surface area contributed by atoms with Crippen LogP contribution in [-0.2, 0) is 6.18 Å². The molecule has 0 bridgehead atoms. The monoisotopic (exact) mass is 393 g/mol. The largest absolute Gasteiger partial charge is 0.496 e. The molecule has 0 atom stereocenters. The van der Waals surface area contributed by atoms with E-state index in [-0.39, 0.29) is 22.9 Å². The van der Waals surface area contributed by atoms with Crippen molar-refractivity contribution in [3.05, 3.63) is 47.9 Å². The van der Waals surface area contributed by atoms with E-state index in [1.807, 2.05) is 0 Å². The van der Waals surface area contributed by atoms with Gasteiger partial charge in [-0.15, -0.1) is 0 Å². The Hall–Kier alpha value is -3.63. The zero-order chi connectivity index (χ0) is 20.5. The number of aromatic carboxylic acids is 1. The summed E-state index contributed by atoms with van der Waals surface area (Å²) in [6.07, 6.45) is -2.15. The average molecular weight is 393 g/mol. The van der Waals surface area contributed by atoms with Crippen LogP contribution in [-0.4, -0.2) is 45.0 Å². The second-order valence-corrected chi connectivity index (χ2v) is 5.54. The number of alkyl halides is 3. The van der Waals surface area contributed by atoms with Gasteiger partial charge in [0, 0.05) is 30.6 Å². The zero-order valence-corrected chi connectivity index (χ0v) is 14.7. The van der Waals surface area contributed by atoms with Gasteiger partial charge < -0.3 is 15.2 Å². The Morgan fingerprint density at radius 1 is 1.25 bits per heavy atom. The molecule has 2 aromatic heterocycles. The van der Waals surface area contributed by atoms with E-state index in [4.69, 9.17) is 4.74 Å². The predicted molar refractivity (Wildman–Crippen MR) is 92.7 cm³/mol. The topological polar surface area (TPSA) is 102 Å². The number of carbonyl (C=O) groups is 1. The number of ether oxygens (including phenoxy) is 1. The van der Waals surface area contributed by atoms with Gasteiger partial charge in [-0.1, -0.05) is 0 Å². The van der Waals surface area contributed by atoms with Gasteiger partial charge in [-0.3, -0.25) is 0 Å². The van der Waals surface area contributed by atoms with E-state index in [1.54, 1.807) is 7.05 Å². The summed E-state index contributed by atoms with van der Waals surface area (Å²) in [5.74, 6) is -0.696. The molecule has 0 spiro atoms. The molecule has 0 amide bonds. The lowest BCUT2D eigenvalue weighted by Gasteiger charge is -2.14. The fraction of sp³-hybridized carbons (Fsp3) is 0.176. The second kappa shape index (κ2) is 7.18. The summed E-state index contributed by atoms with van der Waals surface area (Å²) in [6.45, 7) is 0. The van der Waals surface area contributed by atoms with Crippen LogP contribution in [0.3, 0.4) is 0 Å². The van der Waals surface area contributed by atoms with E-state index in [0.717, 1.165) is 16.9 Å². The van der Waals surface area contributed by atoms with Crippen molar-refractivity contribution in [1.82, 2.24) is 19.7 Å². The number of rotatable bonds is 5. The van der Waals surface area contributed by atoms with E-state index < -0.39 is 17.8 Å².